The Bertz CT molecular complexity index is 259. The number of aliphatic hydroxyl groups is 6. The zero-order valence-corrected chi connectivity index (χ0v) is 11.7. The van der Waals surface area contributed by atoms with Crippen LogP contribution in [0.4, 0.5) is 0 Å². The molecule has 0 aliphatic rings. The Labute approximate surface area is 125 Å². The average Bonchev–Trinajstić information content (AvgIpc) is 2.51. The number of hydrogen-bond acceptors (Lipinski definition) is 10. The van der Waals surface area contributed by atoms with Crippen molar-refractivity contribution in [3.05, 3.63) is 0 Å². The Morgan fingerprint density at radius 3 is 1.00 bits per heavy atom. The Balaban J connectivity index is -0.000000372. The molecule has 0 fully saturated rings. The van der Waals surface area contributed by atoms with Crippen LogP contribution in [0.1, 0.15) is 0 Å². The van der Waals surface area contributed by atoms with Crippen LogP contribution < -0.4 is 11.5 Å². The van der Waals surface area contributed by atoms with E-state index in [-0.39, 0.29) is 13.2 Å². The van der Waals surface area contributed by atoms with Crippen LogP contribution in [-0.2, 0) is 9.59 Å². The number of aliphatic hydroxyl groups excluding tert-OH is 6. The molecule has 0 aromatic rings. The lowest BCUT2D eigenvalue weighted by atomic mass is 10.0. The first-order valence-corrected chi connectivity index (χ1v) is 5.91. The largest absolute Gasteiger partial charge is 0.479 e. The molecule has 4 atom stereocenters. The van der Waals surface area contributed by atoms with E-state index < -0.39 is 36.4 Å². The van der Waals surface area contributed by atoms with Gasteiger partial charge in [-0.25, -0.2) is 9.59 Å². The molecule has 12 nitrogen and oxygen atoms in total. The summed E-state index contributed by atoms with van der Waals surface area (Å²) >= 11 is 0. The van der Waals surface area contributed by atoms with Crippen molar-refractivity contribution in [3.63, 3.8) is 0 Å². The highest BCUT2D eigenvalue weighted by atomic mass is 16.4. The van der Waals surface area contributed by atoms with Gasteiger partial charge < -0.3 is 52.3 Å². The van der Waals surface area contributed by atoms with Crippen LogP contribution in [0.3, 0.4) is 0 Å². The van der Waals surface area contributed by atoms with Gasteiger partial charge in [-0.05, 0) is 0 Å². The Hall–Kier alpha value is -1.38. The number of carboxylic acid groups (broad SMARTS) is 2. The van der Waals surface area contributed by atoms with E-state index in [1.165, 1.54) is 0 Å². The van der Waals surface area contributed by atoms with Crippen LogP contribution in [0.2, 0.25) is 0 Å². The lowest BCUT2D eigenvalue weighted by molar-refractivity contribution is -0.172. The highest BCUT2D eigenvalue weighted by Gasteiger charge is 2.37. The Morgan fingerprint density at radius 2 is 0.909 bits per heavy atom. The molecule has 134 valence electrons. The SMILES string of the molecule is NCCO.NCCO.O=C(O)[C@@H](O)[C@H](O)[C@H](O)[C@@H](O)C(=O)O. The van der Waals surface area contributed by atoms with Crippen molar-refractivity contribution in [2.75, 3.05) is 26.3 Å². The molecule has 0 aromatic heterocycles. The third kappa shape index (κ3) is 13.6. The second-order valence-electron chi connectivity index (χ2n) is 3.57. The normalized spacial score (nSPS) is 15.1. The summed E-state index contributed by atoms with van der Waals surface area (Å²) in [5.74, 6) is -3.68. The summed E-state index contributed by atoms with van der Waals surface area (Å²) in [5, 5.41) is 67.0. The monoisotopic (exact) mass is 332 g/mol. The van der Waals surface area contributed by atoms with E-state index in [9.17, 15) is 9.59 Å². The first kappa shape index (κ1) is 25.6. The van der Waals surface area contributed by atoms with Gasteiger partial charge in [-0.3, -0.25) is 0 Å². The van der Waals surface area contributed by atoms with Gasteiger partial charge in [0.25, 0.3) is 0 Å². The molecule has 0 aliphatic heterocycles. The third-order valence-corrected chi connectivity index (χ3v) is 1.76. The van der Waals surface area contributed by atoms with Crippen molar-refractivity contribution in [2.45, 2.75) is 24.4 Å². The quantitative estimate of drug-likeness (QED) is 0.209. The van der Waals surface area contributed by atoms with Gasteiger partial charge in [0.1, 0.15) is 12.2 Å². The molecule has 0 spiro atoms. The molecule has 0 saturated heterocycles. The average molecular weight is 332 g/mol. The summed E-state index contributed by atoms with van der Waals surface area (Å²) < 4.78 is 0. The highest BCUT2D eigenvalue weighted by molar-refractivity contribution is 5.75. The maximum atomic E-state index is 10.1. The Morgan fingerprint density at radius 1 is 0.727 bits per heavy atom. The van der Waals surface area contributed by atoms with Crippen LogP contribution in [0, 0.1) is 0 Å². The van der Waals surface area contributed by atoms with Crippen LogP contribution in [0.15, 0.2) is 0 Å². The number of hydrogen-bond donors (Lipinski definition) is 10. The number of carbonyl (C=O) groups is 2. The van der Waals surface area contributed by atoms with Crippen LogP contribution in [0.5, 0.6) is 0 Å². The molecule has 0 bridgehead atoms. The van der Waals surface area contributed by atoms with Gasteiger partial charge in [-0.15, -0.1) is 0 Å². The van der Waals surface area contributed by atoms with Crippen LogP contribution in [-0.4, -0.2) is 104 Å². The fraction of sp³-hybridized carbons (Fsp3) is 0.800. The van der Waals surface area contributed by atoms with Gasteiger partial charge >= 0.3 is 11.9 Å². The fourth-order valence-corrected chi connectivity index (χ4v) is 0.666. The molecule has 0 aliphatic carbocycles. The van der Waals surface area contributed by atoms with Gasteiger partial charge in [0, 0.05) is 13.1 Å². The summed E-state index contributed by atoms with van der Waals surface area (Å²) in [7, 11) is 0. The number of aliphatic carboxylic acids is 2. The van der Waals surface area contributed by atoms with Crippen molar-refractivity contribution in [1.82, 2.24) is 0 Å². The van der Waals surface area contributed by atoms with Crippen LogP contribution >= 0.6 is 0 Å². The minimum atomic E-state index is -2.36. The molecule has 12 heteroatoms. The predicted molar refractivity (Wildman–Crippen MR) is 71.6 cm³/mol. The molecule has 0 radical (unpaired) electrons. The molecule has 0 saturated carbocycles. The first-order chi connectivity index (χ1) is 10.1. The topological polar surface area (TPSA) is 248 Å². The molecular formula is C10H24N2O10. The van der Waals surface area contributed by atoms with Crippen molar-refractivity contribution >= 4 is 11.9 Å². The maximum absolute atomic E-state index is 10.1. The van der Waals surface area contributed by atoms with Crippen molar-refractivity contribution in [2.24, 2.45) is 11.5 Å². The smallest absolute Gasteiger partial charge is 0.335 e. The second-order valence-corrected chi connectivity index (χ2v) is 3.57. The molecule has 0 amide bonds. The Kier molecular flexibility index (Phi) is 18.6. The predicted octanol–water partition coefficient (Wildman–Crippen LogP) is -5.53. The van der Waals surface area contributed by atoms with Crippen molar-refractivity contribution in [1.29, 1.82) is 0 Å². The summed E-state index contributed by atoms with van der Waals surface area (Å²) in [6, 6.07) is 0. The van der Waals surface area contributed by atoms with Gasteiger partial charge in [-0.2, -0.15) is 0 Å². The van der Waals surface area contributed by atoms with Gasteiger partial charge in [0.2, 0.25) is 0 Å². The van der Waals surface area contributed by atoms with E-state index in [1.807, 2.05) is 0 Å². The first-order valence-electron chi connectivity index (χ1n) is 5.91. The highest BCUT2D eigenvalue weighted by Crippen LogP contribution is 2.05. The van der Waals surface area contributed by atoms with Gasteiger partial charge in [-0.1, -0.05) is 0 Å². The zero-order chi connectivity index (χ0) is 18.3. The summed E-state index contributed by atoms with van der Waals surface area (Å²) in [4.78, 5) is 20.2. The molecule has 0 rings (SSSR count). The van der Waals surface area contributed by atoms with E-state index in [2.05, 4.69) is 0 Å². The molecule has 0 unspecified atom stereocenters. The van der Waals surface area contributed by atoms with Crippen LogP contribution in [0.25, 0.3) is 0 Å². The zero-order valence-electron chi connectivity index (χ0n) is 11.7. The minimum absolute atomic E-state index is 0.0972. The fourth-order valence-electron chi connectivity index (χ4n) is 0.666. The van der Waals surface area contributed by atoms with E-state index in [0.29, 0.717) is 13.1 Å². The number of carboxylic acids is 2. The maximum Gasteiger partial charge on any atom is 0.335 e. The molecule has 12 N–H and O–H groups in total. The number of nitrogens with two attached hydrogens (primary N) is 2. The lowest BCUT2D eigenvalue weighted by Gasteiger charge is -2.21. The standard InChI is InChI=1S/C6H10O8.2C2H7NO/c7-1(3(9)5(11)12)2(8)4(10)6(13)14;2*3-1-2-4/h1-4,7-10H,(H,11,12)(H,13,14);2*4H,1-3H2/t1-,2+,3+,4-;;. The van der Waals surface area contributed by atoms with Crippen molar-refractivity contribution in [3.8, 4) is 0 Å². The van der Waals surface area contributed by atoms with Crippen molar-refractivity contribution < 1.29 is 50.4 Å². The van der Waals surface area contributed by atoms with E-state index in [1.54, 1.807) is 0 Å². The minimum Gasteiger partial charge on any atom is -0.479 e. The molecular weight excluding hydrogens is 308 g/mol. The van der Waals surface area contributed by atoms with Gasteiger partial charge in [0.05, 0.1) is 13.2 Å². The van der Waals surface area contributed by atoms with E-state index >= 15 is 0 Å². The summed E-state index contributed by atoms with van der Waals surface area (Å²) in [6.07, 6.45) is -9.28. The second kappa shape index (κ2) is 16.0. The third-order valence-electron chi connectivity index (χ3n) is 1.76. The molecule has 0 aromatic carbocycles. The van der Waals surface area contributed by atoms with E-state index in [0.717, 1.165) is 0 Å². The lowest BCUT2D eigenvalue weighted by Crippen LogP contribution is -2.49. The van der Waals surface area contributed by atoms with Gasteiger partial charge in [0.15, 0.2) is 12.2 Å². The summed E-state index contributed by atoms with van der Waals surface area (Å²) in [5.41, 5.74) is 9.56. The molecule has 22 heavy (non-hydrogen) atoms. The number of rotatable bonds is 7. The van der Waals surface area contributed by atoms with E-state index in [4.69, 9.17) is 52.3 Å². The molecule has 0 heterocycles. The summed E-state index contributed by atoms with van der Waals surface area (Å²) in [6.45, 7) is 0.944.